The normalized spacial score (nSPS) is 19.3. The van der Waals surface area contributed by atoms with Crippen LogP contribution in [-0.2, 0) is 26.0 Å². The van der Waals surface area contributed by atoms with E-state index in [2.05, 4.69) is 26.0 Å². The molecule has 3 rings (SSSR count). The number of aromatic nitrogens is 1. The lowest BCUT2D eigenvalue weighted by atomic mass is 10.0. The second-order valence-corrected chi connectivity index (χ2v) is 11.7. The molecule has 1 N–H and O–H groups in total. The molecule has 180 valence electrons. The van der Waals surface area contributed by atoms with Crippen molar-refractivity contribution >= 4 is 42.9 Å². The van der Waals surface area contributed by atoms with Gasteiger partial charge in [0, 0.05) is 5.39 Å². The van der Waals surface area contributed by atoms with Gasteiger partial charge in [0.05, 0.1) is 22.2 Å². The van der Waals surface area contributed by atoms with Crippen LogP contribution >= 0.6 is 15.9 Å². The SMILES string of the molecule is CC(C)(C)OC(=O)NCc1cc2ccccc2n1S(=O)(=O)C1(C)CC=CC(OC(F)F)=C1Br. The van der Waals surface area contributed by atoms with Crippen LogP contribution < -0.4 is 5.32 Å². The molecule has 1 aromatic carbocycles. The molecule has 2 aromatic rings. The zero-order chi connectivity index (χ0) is 24.6. The van der Waals surface area contributed by atoms with Gasteiger partial charge in [-0.05, 0) is 68.3 Å². The van der Waals surface area contributed by atoms with Crippen molar-refractivity contribution in [1.29, 1.82) is 0 Å². The van der Waals surface area contributed by atoms with Crippen molar-refractivity contribution in [3.8, 4) is 0 Å². The molecule has 1 atom stereocenters. The van der Waals surface area contributed by atoms with E-state index in [0.717, 1.165) is 3.97 Å². The zero-order valence-electron chi connectivity index (χ0n) is 18.6. The van der Waals surface area contributed by atoms with Crippen LogP contribution in [0, 0.1) is 0 Å². The monoisotopic (exact) mass is 546 g/mol. The lowest BCUT2D eigenvalue weighted by Gasteiger charge is -2.33. The number of rotatable bonds is 6. The zero-order valence-corrected chi connectivity index (χ0v) is 21.0. The highest BCUT2D eigenvalue weighted by Gasteiger charge is 2.47. The molecule has 0 spiro atoms. The molecule has 11 heteroatoms. The van der Waals surface area contributed by atoms with Crippen LogP contribution in [0.2, 0.25) is 0 Å². The van der Waals surface area contributed by atoms with Crippen LogP contribution in [0.4, 0.5) is 13.6 Å². The summed E-state index contributed by atoms with van der Waals surface area (Å²) in [5.41, 5.74) is -0.0398. The Balaban J connectivity index is 2.08. The maximum Gasteiger partial charge on any atom is 0.407 e. The Morgan fingerprint density at radius 2 is 1.97 bits per heavy atom. The van der Waals surface area contributed by atoms with E-state index in [1.807, 2.05) is 0 Å². The number of allylic oxidation sites excluding steroid dienone is 2. The summed E-state index contributed by atoms with van der Waals surface area (Å²) in [6, 6.07) is 8.50. The number of carbonyl (C=O) groups excluding carboxylic acids is 1. The highest BCUT2D eigenvalue weighted by molar-refractivity contribution is 9.12. The molecule has 1 aromatic heterocycles. The standard InChI is InChI=1S/C22H25BrF2N2O5S/c1-21(2,3)32-20(28)26-13-15-12-14-8-5-6-9-16(14)27(15)33(29,30)22(4)11-7-10-17(18(22)23)31-19(24)25/h5-10,12,19H,11,13H2,1-4H3,(H,26,28). The van der Waals surface area contributed by atoms with Gasteiger partial charge >= 0.3 is 12.7 Å². The van der Waals surface area contributed by atoms with E-state index in [0.29, 0.717) is 10.9 Å². The molecule has 1 amide bonds. The maximum atomic E-state index is 14.0. The highest BCUT2D eigenvalue weighted by Crippen LogP contribution is 2.43. The number of halogens is 3. The third kappa shape index (κ3) is 5.08. The van der Waals surface area contributed by atoms with Gasteiger partial charge in [-0.2, -0.15) is 8.78 Å². The van der Waals surface area contributed by atoms with Crippen molar-refractivity contribution in [1.82, 2.24) is 9.29 Å². The molecule has 33 heavy (non-hydrogen) atoms. The first-order chi connectivity index (χ1) is 15.3. The molecule has 0 fully saturated rings. The summed E-state index contributed by atoms with van der Waals surface area (Å²) in [4.78, 5) is 12.2. The maximum absolute atomic E-state index is 14.0. The fourth-order valence-corrected chi connectivity index (χ4v) is 6.38. The van der Waals surface area contributed by atoms with Crippen molar-refractivity contribution in [2.75, 3.05) is 0 Å². The number of hydrogen-bond donors (Lipinski definition) is 1. The van der Waals surface area contributed by atoms with Crippen LogP contribution in [0.3, 0.4) is 0 Å². The predicted octanol–water partition coefficient (Wildman–Crippen LogP) is 5.41. The number of para-hydroxylation sites is 1. The van der Waals surface area contributed by atoms with E-state index in [1.165, 1.54) is 19.1 Å². The van der Waals surface area contributed by atoms with Gasteiger partial charge in [-0.25, -0.2) is 17.2 Å². The number of hydrogen-bond acceptors (Lipinski definition) is 5. The van der Waals surface area contributed by atoms with E-state index in [-0.39, 0.29) is 28.9 Å². The van der Waals surface area contributed by atoms with Gasteiger partial charge in [-0.3, -0.25) is 0 Å². The number of fused-ring (bicyclic) bond motifs is 1. The molecule has 1 aliphatic rings. The molecule has 0 saturated carbocycles. The molecule has 0 radical (unpaired) electrons. The molecule has 1 heterocycles. The molecule has 1 unspecified atom stereocenters. The quantitative estimate of drug-likeness (QED) is 0.523. The third-order valence-corrected chi connectivity index (χ3v) is 8.98. The predicted molar refractivity (Wildman–Crippen MR) is 125 cm³/mol. The number of alkyl halides is 2. The minimum Gasteiger partial charge on any atom is -0.444 e. The van der Waals surface area contributed by atoms with Crippen molar-refractivity contribution in [3.05, 3.63) is 58.4 Å². The molecular formula is C22H25BrF2N2O5S. The Morgan fingerprint density at radius 1 is 1.30 bits per heavy atom. The molecule has 1 aliphatic carbocycles. The summed E-state index contributed by atoms with van der Waals surface area (Å²) < 4.78 is 63.0. The fourth-order valence-electron chi connectivity index (χ4n) is 3.49. The molecule has 0 bridgehead atoms. The summed E-state index contributed by atoms with van der Waals surface area (Å²) in [5.74, 6) is -0.257. The number of nitrogens with zero attached hydrogens (tertiary/aromatic N) is 1. The number of alkyl carbamates (subject to hydrolysis) is 1. The summed E-state index contributed by atoms with van der Waals surface area (Å²) in [6.45, 7) is 3.35. The van der Waals surface area contributed by atoms with E-state index < -0.39 is 33.1 Å². The van der Waals surface area contributed by atoms with E-state index in [4.69, 9.17) is 4.74 Å². The van der Waals surface area contributed by atoms with E-state index in [1.54, 1.807) is 51.1 Å². The molecular weight excluding hydrogens is 522 g/mol. The summed E-state index contributed by atoms with van der Waals surface area (Å²) in [5, 5.41) is 3.22. The van der Waals surface area contributed by atoms with Gasteiger partial charge in [0.25, 0.3) is 0 Å². The fraction of sp³-hybridized carbons (Fsp3) is 0.409. The topological polar surface area (TPSA) is 86.6 Å². The highest BCUT2D eigenvalue weighted by atomic mass is 79.9. The Hall–Kier alpha value is -2.40. The number of ether oxygens (including phenoxy) is 2. The van der Waals surface area contributed by atoms with E-state index >= 15 is 0 Å². The Morgan fingerprint density at radius 3 is 2.61 bits per heavy atom. The van der Waals surface area contributed by atoms with Crippen LogP contribution in [-0.4, -0.2) is 35.4 Å². The van der Waals surface area contributed by atoms with Gasteiger partial charge in [-0.15, -0.1) is 0 Å². The average Bonchev–Trinajstić information content (AvgIpc) is 3.07. The summed E-state index contributed by atoms with van der Waals surface area (Å²) >= 11 is 3.20. The van der Waals surface area contributed by atoms with Crippen LogP contribution in [0.15, 0.2) is 52.7 Å². The average molecular weight is 547 g/mol. The number of benzene rings is 1. The van der Waals surface area contributed by atoms with Crippen molar-refractivity contribution < 1.29 is 31.5 Å². The van der Waals surface area contributed by atoms with Crippen molar-refractivity contribution in [2.45, 2.75) is 57.6 Å². The number of nitrogens with one attached hydrogen (secondary N) is 1. The van der Waals surface area contributed by atoms with Crippen LogP contribution in [0.1, 0.15) is 39.8 Å². The lowest BCUT2D eigenvalue weighted by Crippen LogP contribution is -2.42. The number of amides is 1. The first-order valence-electron chi connectivity index (χ1n) is 10.1. The molecule has 0 saturated heterocycles. The minimum absolute atomic E-state index is 0.0124. The van der Waals surface area contributed by atoms with Gasteiger partial charge in [0.2, 0.25) is 10.0 Å². The van der Waals surface area contributed by atoms with Crippen molar-refractivity contribution in [2.24, 2.45) is 0 Å². The second kappa shape index (κ2) is 9.09. The largest absolute Gasteiger partial charge is 0.444 e. The molecule has 7 nitrogen and oxygen atoms in total. The Kier molecular flexibility index (Phi) is 6.95. The van der Waals surface area contributed by atoms with Crippen molar-refractivity contribution in [3.63, 3.8) is 0 Å². The summed E-state index contributed by atoms with van der Waals surface area (Å²) in [6.07, 6.45) is 2.12. The molecule has 0 aliphatic heterocycles. The Labute approximate surface area is 199 Å². The van der Waals surface area contributed by atoms with Crippen LogP contribution in [0.5, 0.6) is 0 Å². The Bertz CT molecular complexity index is 1230. The first-order valence-corrected chi connectivity index (χ1v) is 12.3. The third-order valence-electron chi connectivity index (χ3n) is 5.03. The van der Waals surface area contributed by atoms with Crippen LogP contribution in [0.25, 0.3) is 10.9 Å². The first kappa shape index (κ1) is 25.2. The van der Waals surface area contributed by atoms with Gasteiger partial charge in [0.15, 0.2) is 0 Å². The number of carbonyl (C=O) groups is 1. The van der Waals surface area contributed by atoms with Gasteiger partial charge < -0.3 is 14.8 Å². The lowest BCUT2D eigenvalue weighted by molar-refractivity contribution is -0.0928. The van der Waals surface area contributed by atoms with Gasteiger partial charge in [-0.1, -0.05) is 24.3 Å². The van der Waals surface area contributed by atoms with E-state index in [9.17, 15) is 22.0 Å². The smallest absolute Gasteiger partial charge is 0.407 e. The minimum atomic E-state index is -4.23. The summed E-state index contributed by atoms with van der Waals surface area (Å²) in [7, 11) is -4.23. The second-order valence-electron chi connectivity index (χ2n) is 8.71. The van der Waals surface area contributed by atoms with Gasteiger partial charge in [0.1, 0.15) is 16.1 Å².